The van der Waals surface area contributed by atoms with Gasteiger partial charge in [-0.05, 0) is 30.7 Å². The summed E-state index contributed by atoms with van der Waals surface area (Å²) in [4.78, 5) is 0. The van der Waals surface area contributed by atoms with Crippen LogP contribution in [0.25, 0.3) is 0 Å². The zero-order valence-electron chi connectivity index (χ0n) is 11.9. The number of methoxy groups -OCH3 is 1. The van der Waals surface area contributed by atoms with Crippen molar-refractivity contribution in [1.29, 1.82) is 0 Å². The molecule has 0 aliphatic rings. The lowest BCUT2D eigenvalue weighted by Gasteiger charge is -2.17. The molecule has 0 saturated heterocycles. The van der Waals surface area contributed by atoms with Gasteiger partial charge in [-0.3, -0.25) is 0 Å². The maximum absolute atomic E-state index is 13.3. The SMILES string of the molecule is COc1ccccc1C(C)NCc1cc(F)c(O)c(F)c1. The highest BCUT2D eigenvalue weighted by molar-refractivity contribution is 5.36. The molecule has 0 amide bonds. The average molecular weight is 293 g/mol. The van der Waals surface area contributed by atoms with Crippen molar-refractivity contribution in [3.63, 3.8) is 0 Å². The molecule has 0 radical (unpaired) electrons. The molecule has 2 aromatic rings. The first kappa shape index (κ1) is 15.3. The number of hydrogen-bond donors (Lipinski definition) is 2. The Morgan fingerprint density at radius 3 is 2.43 bits per heavy atom. The molecule has 3 nitrogen and oxygen atoms in total. The Bertz CT molecular complexity index is 608. The lowest BCUT2D eigenvalue weighted by atomic mass is 10.1. The van der Waals surface area contributed by atoms with Gasteiger partial charge in [0.05, 0.1) is 7.11 Å². The fraction of sp³-hybridized carbons (Fsp3) is 0.250. The number of halogens is 2. The van der Waals surface area contributed by atoms with Crippen molar-refractivity contribution in [2.45, 2.75) is 19.5 Å². The normalized spacial score (nSPS) is 12.2. The smallest absolute Gasteiger partial charge is 0.187 e. The summed E-state index contributed by atoms with van der Waals surface area (Å²) in [6.07, 6.45) is 0. The van der Waals surface area contributed by atoms with Crippen LogP contribution < -0.4 is 10.1 Å². The molecule has 0 aliphatic carbocycles. The van der Waals surface area contributed by atoms with E-state index in [1.165, 1.54) is 0 Å². The summed E-state index contributed by atoms with van der Waals surface area (Å²) in [6.45, 7) is 2.21. The Balaban J connectivity index is 2.09. The van der Waals surface area contributed by atoms with E-state index in [0.29, 0.717) is 5.56 Å². The monoisotopic (exact) mass is 293 g/mol. The Labute approximate surface area is 122 Å². The molecule has 0 heterocycles. The highest BCUT2D eigenvalue weighted by atomic mass is 19.1. The number of phenolic OH excluding ortho intramolecular Hbond substituents is 1. The third-order valence-electron chi connectivity index (χ3n) is 3.29. The van der Waals surface area contributed by atoms with Gasteiger partial charge in [0.15, 0.2) is 17.4 Å². The van der Waals surface area contributed by atoms with Gasteiger partial charge in [0.25, 0.3) is 0 Å². The third-order valence-corrected chi connectivity index (χ3v) is 3.29. The summed E-state index contributed by atoms with van der Waals surface area (Å²) in [5, 5.41) is 12.2. The van der Waals surface area contributed by atoms with Crippen LogP contribution in [-0.4, -0.2) is 12.2 Å². The summed E-state index contributed by atoms with van der Waals surface area (Å²) in [6, 6.07) is 9.72. The highest BCUT2D eigenvalue weighted by Gasteiger charge is 2.12. The van der Waals surface area contributed by atoms with Crippen LogP contribution in [0.1, 0.15) is 24.1 Å². The number of para-hydroxylation sites is 1. The first-order chi connectivity index (χ1) is 10.0. The predicted octanol–water partition coefficient (Wildman–Crippen LogP) is 3.53. The van der Waals surface area contributed by atoms with Gasteiger partial charge in [-0.1, -0.05) is 18.2 Å². The molecule has 0 fully saturated rings. The zero-order chi connectivity index (χ0) is 15.4. The number of phenols is 1. The minimum atomic E-state index is -0.961. The van der Waals surface area contributed by atoms with E-state index in [9.17, 15) is 8.78 Å². The van der Waals surface area contributed by atoms with Gasteiger partial charge in [0.2, 0.25) is 0 Å². The van der Waals surface area contributed by atoms with Crippen LogP contribution in [0.3, 0.4) is 0 Å². The second kappa shape index (κ2) is 6.54. The quantitative estimate of drug-likeness (QED) is 0.886. The molecule has 2 rings (SSSR count). The summed E-state index contributed by atoms with van der Waals surface area (Å²) in [7, 11) is 1.59. The number of aromatic hydroxyl groups is 1. The zero-order valence-corrected chi connectivity index (χ0v) is 11.9. The van der Waals surface area contributed by atoms with Crippen molar-refractivity contribution in [3.05, 3.63) is 59.2 Å². The molecule has 1 atom stereocenters. The molecule has 0 spiro atoms. The van der Waals surface area contributed by atoms with E-state index in [1.807, 2.05) is 31.2 Å². The van der Waals surface area contributed by atoms with Crippen LogP contribution in [0.4, 0.5) is 8.78 Å². The van der Waals surface area contributed by atoms with Gasteiger partial charge >= 0.3 is 0 Å². The van der Waals surface area contributed by atoms with E-state index in [0.717, 1.165) is 23.4 Å². The number of benzene rings is 2. The Hall–Kier alpha value is -2.14. The molecule has 1 unspecified atom stereocenters. The molecule has 5 heteroatoms. The third kappa shape index (κ3) is 3.49. The van der Waals surface area contributed by atoms with E-state index >= 15 is 0 Å². The predicted molar refractivity (Wildman–Crippen MR) is 76.3 cm³/mol. The molecule has 0 saturated carbocycles. The van der Waals surface area contributed by atoms with Gasteiger partial charge in [0.1, 0.15) is 5.75 Å². The summed E-state index contributed by atoms with van der Waals surface area (Å²) in [5.74, 6) is -2.12. The largest absolute Gasteiger partial charge is 0.503 e. The average Bonchev–Trinajstić information content (AvgIpc) is 2.50. The highest BCUT2D eigenvalue weighted by Crippen LogP contribution is 2.25. The van der Waals surface area contributed by atoms with Gasteiger partial charge in [-0.2, -0.15) is 0 Å². The van der Waals surface area contributed by atoms with Crippen molar-refractivity contribution in [1.82, 2.24) is 5.32 Å². The minimum absolute atomic E-state index is 0.0546. The van der Waals surface area contributed by atoms with Crippen LogP contribution in [0, 0.1) is 11.6 Å². The maximum atomic E-state index is 13.3. The summed E-state index contributed by atoms with van der Waals surface area (Å²) < 4.78 is 31.8. The van der Waals surface area contributed by atoms with Crippen LogP contribution >= 0.6 is 0 Å². The van der Waals surface area contributed by atoms with Gasteiger partial charge in [0, 0.05) is 18.2 Å². The van der Waals surface area contributed by atoms with Crippen molar-refractivity contribution in [3.8, 4) is 11.5 Å². The van der Waals surface area contributed by atoms with E-state index in [2.05, 4.69) is 5.32 Å². The molecule has 0 aliphatic heterocycles. The number of ether oxygens (including phenoxy) is 1. The van der Waals surface area contributed by atoms with E-state index in [4.69, 9.17) is 9.84 Å². The molecular weight excluding hydrogens is 276 g/mol. The van der Waals surface area contributed by atoms with Crippen molar-refractivity contribution >= 4 is 0 Å². The maximum Gasteiger partial charge on any atom is 0.187 e. The first-order valence-corrected chi connectivity index (χ1v) is 6.56. The van der Waals surface area contributed by atoms with Crippen LogP contribution in [0.2, 0.25) is 0 Å². The number of hydrogen-bond acceptors (Lipinski definition) is 3. The van der Waals surface area contributed by atoms with Crippen LogP contribution in [0.15, 0.2) is 36.4 Å². The molecular formula is C16H17F2NO2. The summed E-state index contributed by atoms with van der Waals surface area (Å²) >= 11 is 0. The Morgan fingerprint density at radius 2 is 1.81 bits per heavy atom. The van der Waals surface area contributed by atoms with E-state index < -0.39 is 17.4 Å². The van der Waals surface area contributed by atoms with Crippen LogP contribution in [-0.2, 0) is 6.54 Å². The lowest BCUT2D eigenvalue weighted by molar-refractivity contribution is 0.393. The standard InChI is InChI=1S/C16H17F2NO2/c1-10(12-5-3-4-6-15(12)21-2)19-9-11-7-13(17)16(20)14(18)8-11/h3-8,10,19-20H,9H2,1-2H3. The molecule has 21 heavy (non-hydrogen) atoms. The molecule has 2 aromatic carbocycles. The fourth-order valence-electron chi connectivity index (χ4n) is 2.13. The van der Waals surface area contributed by atoms with Gasteiger partial charge in [-0.15, -0.1) is 0 Å². The van der Waals surface area contributed by atoms with Gasteiger partial charge in [-0.25, -0.2) is 8.78 Å². The molecule has 0 aromatic heterocycles. The van der Waals surface area contributed by atoms with Crippen molar-refractivity contribution in [2.24, 2.45) is 0 Å². The molecule has 112 valence electrons. The molecule has 0 bridgehead atoms. The second-order valence-corrected chi connectivity index (χ2v) is 4.75. The van der Waals surface area contributed by atoms with E-state index in [-0.39, 0.29) is 12.6 Å². The van der Waals surface area contributed by atoms with E-state index in [1.54, 1.807) is 7.11 Å². The number of rotatable bonds is 5. The fourth-order valence-corrected chi connectivity index (χ4v) is 2.13. The number of nitrogens with one attached hydrogen (secondary N) is 1. The second-order valence-electron chi connectivity index (χ2n) is 4.75. The Morgan fingerprint density at radius 1 is 1.19 bits per heavy atom. The Kier molecular flexibility index (Phi) is 4.75. The van der Waals surface area contributed by atoms with Crippen LogP contribution in [0.5, 0.6) is 11.5 Å². The summed E-state index contributed by atoms with van der Waals surface area (Å²) in [5.41, 5.74) is 1.38. The van der Waals surface area contributed by atoms with Gasteiger partial charge < -0.3 is 15.2 Å². The first-order valence-electron chi connectivity index (χ1n) is 6.56. The van der Waals surface area contributed by atoms with Crippen molar-refractivity contribution < 1.29 is 18.6 Å². The minimum Gasteiger partial charge on any atom is -0.503 e. The molecule has 2 N–H and O–H groups in total. The van der Waals surface area contributed by atoms with Crippen molar-refractivity contribution in [2.75, 3.05) is 7.11 Å². The lowest BCUT2D eigenvalue weighted by Crippen LogP contribution is -2.19. The topological polar surface area (TPSA) is 41.5 Å².